The molecule has 5 nitrogen and oxygen atoms in total. The smallest absolute Gasteiger partial charge is 0.348 e. The monoisotopic (exact) mass is 353 g/mol. The minimum Gasteiger partial charge on any atom is -0.477 e. The summed E-state index contributed by atoms with van der Waals surface area (Å²) in [6.45, 7) is 1.86. The fraction of sp³-hybridized carbons (Fsp3) is 0.0556. The van der Waals surface area contributed by atoms with Crippen LogP contribution in [0.2, 0.25) is 0 Å². The van der Waals surface area contributed by atoms with E-state index in [-0.39, 0.29) is 10.7 Å². The molecule has 1 aromatic carbocycles. The number of aromatic nitrogens is 3. The first kappa shape index (κ1) is 15.5. The summed E-state index contributed by atoms with van der Waals surface area (Å²) in [7, 11) is 0. The van der Waals surface area contributed by atoms with Crippen molar-refractivity contribution in [1.29, 1.82) is 0 Å². The zero-order chi connectivity index (χ0) is 17.6. The molecule has 124 valence electrons. The predicted molar refractivity (Wildman–Crippen MR) is 93.4 cm³/mol. The van der Waals surface area contributed by atoms with E-state index in [0.717, 1.165) is 28.1 Å². The Bertz CT molecular complexity index is 1100. The number of hydrogen-bond donors (Lipinski definition) is 1. The average Bonchev–Trinajstić information content (AvgIpc) is 3.15. The lowest BCUT2D eigenvalue weighted by Crippen LogP contribution is -1.95. The maximum Gasteiger partial charge on any atom is 0.348 e. The van der Waals surface area contributed by atoms with Crippen molar-refractivity contribution in [1.82, 2.24) is 14.6 Å². The van der Waals surface area contributed by atoms with Crippen LogP contribution in [0.3, 0.4) is 0 Å². The van der Waals surface area contributed by atoms with Gasteiger partial charge in [0.1, 0.15) is 15.7 Å². The summed E-state index contributed by atoms with van der Waals surface area (Å²) >= 11 is 1.10. The van der Waals surface area contributed by atoms with E-state index in [1.54, 1.807) is 4.52 Å². The molecule has 0 radical (unpaired) electrons. The number of aryl methyl sites for hydroxylation is 1. The van der Waals surface area contributed by atoms with Crippen LogP contribution in [0.25, 0.3) is 27.3 Å². The van der Waals surface area contributed by atoms with Crippen LogP contribution < -0.4 is 0 Å². The summed E-state index contributed by atoms with van der Waals surface area (Å²) in [6.07, 6.45) is 1.83. The SMILES string of the molecule is Cc1nn2ccccc2c1-c1nc(-c2ccc(F)cc2)c(C(=O)O)s1. The molecular weight excluding hydrogens is 341 g/mol. The summed E-state index contributed by atoms with van der Waals surface area (Å²) in [5, 5.41) is 14.6. The van der Waals surface area contributed by atoms with E-state index in [1.165, 1.54) is 24.3 Å². The Kier molecular flexibility index (Phi) is 3.58. The highest BCUT2D eigenvalue weighted by molar-refractivity contribution is 7.17. The summed E-state index contributed by atoms with van der Waals surface area (Å²) in [5.74, 6) is -1.44. The highest BCUT2D eigenvalue weighted by atomic mass is 32.1. The molecule has 0 spiro atoms. The van der Waals surface area contributed by atoms with Gasteiger partial charge >= 0.3 is 5.97 Å². The first-order valence-electron chi connectivity index (χ1n) is 7.49. The lowest BCUT2D eigenvalue weighted by molar-refractivity contribution is 0.0702. The molecule has 25 heavy (non-hydrogen) atoms. The van der Waals surface area contributed by atoms with E-state index in [1.807, 2.05) is 31.3 Å². The van der Waals surface area contributed by atoms with Gasteiger partial charge in [-0.1, -0.05) is 6.07 Å². The zero-order valence-corrected chi connectivity index (χ0v) is 13.9. The number of nitrogens with zero attached hydrogens (tertiary/aromatic N) is 3. The second-order valence-corrected chi connectivity index (χ2v) is 6.50. The number of carboxylic acid groups (broad SMARTS) is 1. The number of halogens is 1. The Morgan fingerprint density at radius 2 is 1.96 bits per heavy atom. The van der Waals surface area contributed by atoms with E-state index in [2.05, 4.69) is 10.1 Å². The molecule has 0 unspecified atom stereocenters. The van der Waals surface area contributed by atoms with Gasteiger partial charge in [0, 0.05) is 11.8 Å². The third-order valence-corrected chi connectivity index (χ3v) is 4.93. The van der Waals surface area contributed by atoms with E-state index < -0.39 is 5.97 Å². The van der Waals surface area contributed by atoms with Gasteiger partial charge in [-0.2, -0.15) is 5.10 Å². The highest BCUT2D eigenvalue weighted by Crippen LogP contribution is 2.37. The van der Waals surface area contributed by atoms with E-state index in [0.29, 0.717) is 16.3 Å². The molecule has 0 atom stereocenters. The van der Waals surface area contributed by atoms with Gasteiger partial charge in [0.15, 0.2) is 0 Å². The Morgan fingerprint density at radius 1 is 1.20 bits per heavy atom. The average molecular weight is 353 g/mol. The van der Waals surface area contributed by atoms with Gasteiger partial charge in [-0.05, 0) is 43.3 Å². The van der Waals surface area contributed by atoms with Crippen LogP contribution in [-0.2, 0) is 0 Å². The van der Waals surface area contributed by atoms with Gasteiger partial charge < -0.3 is 5.11 Å². The standard InChI is InChI=1S/C18H12FN3O2S/c1-10-14(13-4-2-3-9-22(13)21-10)17-20-15(16(25-17)18(23)24)11-5-7-12(19)8-6-11/h2-9H,1H3,(H,23,24). The molecule has 0 aliphatic carbocycles. The summed E-state index contributed by atoms with van der Waals surface area (Å²) in [5.41, 5.74) is 3.33. The Balaban J connectivity index is 1.94. The van der Waals surface area contributed by atoms with Crippen LogP contribution in [-0.4, -0.2) is 25.7 Å². The van der Waals surface area contributed by atoms with Crippen molar-refractivity contribution < 1.29 is 14.3 Å². The number of carbonyl (C=O) groups is 1. The number of rotatable bonds is 3. The number of pyridine rings is 1. The van der Waals surface area contributed by atoms with Gasteiger partial charge in [-0.3, -0.25) is 0 Å². The molecule has 0 saturated heterocycles. The largest absolute Gasteiger partial charge is 0.477 e. The minimum atomic E-state index is -1.06. The maximum absolute atomic E-state index is 13.2. The fourth-order valence-electron chi connectivity index (χ4n) is 2.76. The number of fused-ring (bicyclic) bond motifs is 1. The van der Waals surface area contributed by atoms with Gasteiger partial charge in [-0.15, -0.1) is 11.3 Å². The van der Waals surface area contributed by atoms with E-state index in [4.69, 9.17) is 0 Å². The molecule has 0 aliphatic heterocycles. The third kappa shape index (κ3) is 2.58. The fourth-order valence-corrected chi connectivity index (χ4v) is 3.79. The summed E-state index contributed by atoms with van der Waals surface area (Å²) in [6, 6.07) is 11.3. The molecule has 0 amide bonds. The van der Waals surface area contributed by atoms with Crippen molar-refractivity contribution >= 4 is 22.8 Å². The van der Waals surface area contributed by atoms with Crippen LogP contribution in [0.5, 0.6) is 0 Å². The Labute approximate surface area is 146 Å². The number of thiazole rings is 1. The van der Waals surface area contributed by atoms with E-state index >= 15 is 0 Å². The summed E-state index contributed by atoms with van der Waals surface area (Å²) < 4.78 is 14.9. The first-order valence-corrected chi connectivity index (χ1v) is 8.30. The van der Waals surface area contributed by atoms with Crippen molar-refractivity contribution in [2.75, 3.05) is 0 Å². The van der Waals surface area contributed by atoms with Crippen LogP contribution in [0.1, 0.15) is 15.4 Å². The van der Waals surface area contributed by atoms with Crippen molar-refractivity contribution in [2.24, 2.45) is 0 Å². The molecule has 4 rings (SSSR count). The minimum absolute atomic E-state index is 0.122. The van der Waals surface area contributed by atoms with Crippen molar-refractivity contribution in [2.45, 2.75) is 6.92 Å². The third-order valence-electron chi connectivity index (χ3n) is 3.87. The lowest BCUT2D eigenvalue weighted by atomic mass is 10.1. The highest BCUT2D eigenvalue weighted by Gasteiger charge is 2.22. The molecule has 0 saturated carbocycles. The van der Waals surface area contributed by atoms with Crippen LogP contribution >= 0.6 is 11.3 Å². The Morgan fingerprint density at radius 3 is 2.68 bits per heavy atom. The van der Waals surface area contributed by atoms with Gasteiger partial charge in [0.25, 0.3) is 0 Å². The molecule has 0 bridgehead atoms. The van der Waals surface area contributed by atoms with Crippen molar-refractivity contribution in [3.63, 3.8) is 0 Å². The molecule has 0 aliphatic rings. The number of carboxylic acids is 1. The molecule has 3 heterocycles. The Hall–Kier alpha value is -3.06. The predicted octanol–water partition coefficient (Wildman–Crippen LogP) is 4.27. The molecular formula is C18H12FN3O2S. The number of hydrogen-bond acceptors (Lipinski definition) is 4. The zero-order valence-electron chi connectivity index (χ0n) is 13.1. The molecule has 0 fully saturated rings. The number of aromatic carboxylic acids is 1. The van der Waals surface area contributed by atoms with Gasteiger partial charge in [0.05, 0.1) is 22.5 Å². The van der Waals surface area contributed by atoms with Gasteiger partial charge in [-0.25, -0.2) is 18.7 Å². The quantitative estimate of drug-likeness (QED) is 0.597. The van der Waals surface area contributed by atoms with E-state index in [9.17, 15) is 14.3 Å². The van der Waals surface area contributed by atoms with Crippen molar-refractivity contribution in [3.8, 4) is 21.8 Å². The summed E-state index contributed by atoms with van der Waals surface area (Å²) in [4.78, 5) is 16.3. The van der Waals surface area contributed by atoms with Crippen LogP contribution in [0, 0.1) is 12.7 Å². The second-order valence-electron chi connectivity index (χ2n) is 5.50. The van der Waals surface area contributed by atoms with Crippen molar-refractivity contribution in [3.05, 3.63) is 65.0 Å². The lowest BCUT2D eigenvalue weighted by Gasteiger charge is -1.98. The molecule has 3 aromatic heterocycles. The molecule has 1 N–H and O–H groups in total. The van der Waals surface area contributed by atoms with Crippen LogP contribution in [0.15, 0.2) is 48.7 Å². The molecule has 4 aromatic rings. The molecule has 7 heteroatoms. The number of benzene rings is 1. The normalized spacial score (nSPS) is 11.1. The van der Waals surface area contributed by atoms with Gasteiger partial charge in [0.2, 0.25) is 0 Å². The topological polar surface area (TPSA) is 67.5 Å². The van der Waals surface area contributed by atoms with Crippen LogP contribution in [0.4, 0.5) is 4.39 Å². The second kappa shape index (κ2) is 5.78. The maximum atomic E-state index is 13.2. The first-order chi connectivity index (χ1) is 12.0.